The number of hydrogen-bond acceptors (Lipinski definition) is 3. The lowest BCUT2D eigenvalue weighted by atomic mass is 10.2. The molecule has 0 aliphatic heterocycles. The molecule has 1 aromatic heterocycles. The maximum absolute atomic E-state index is 12.3. The van der Waals surface area contributed by atoms with Crippen LogP contribution in [0.3, 0.4) is 0 Å². The van der Waals surface area contributed by atoms with Gasteiger partial charge in [-0.05, 0) is 30.5 Å². The van der Waals surface area contributed by atoms with Crippen LogP contribution in [0.5, 0.6) is 0 Å². The third-order valence-electron chi connectivity index (χ3n) is 2.99. The van der Waals surface area contributed by atoms with Crippen molar-refractivity contribution in [1.29, 1.82) is 0 Å². The van der Waals surface area contributed by atoms with Gasteiger partial charge in [0.2, 0.25) is 0 Å². The van der Waals surface area contributed by atoms with E-state index < -0.39 is 5.97 Å². The second-order valence-corrected chi connectivity index (χ2v) is 5.41. The van der Waals surface area contributed by atoms with E-state index in [1.807, 2.05) is 24.4 Å². The molecule has 0 fully saturated rings. The number of aromatic carboxylic acids is 1. The Kier molecular flexibility index (Phi) is 4.94. The first kappa shape index (κ1) is 15.1. The van der Waals surface area contributed by atoms with Gasteiger partial charge in [0.15, 0.2) is 0 Å². The first-order valence-electron chi connectivity index (χ1n) is 6.52. The molecule has 0 aliphatic carbocycles. The Bertz CT molecular complexity index is 626. The highest BCUT2D eigenvalue weighted by atomic mass is 32.1. The molecule has 0 spiro atoms. The van der Waals surface area contributed by atoms with Crippen LogP contribution in [0.25, 0.3) is 0 Å². The normalized spacial score (nSPS) is 10.1. The number of para-hydroxylation sites is 1. The Morgan fingerprint density at radius 2 is 2.00 bits per heavy atom. The van der Waals surface area contributed by atoms with Crippen molar-refractivity contribution in [3.8, 4) is 0 Å². The summed E-state index contributed by atoms with van der Waals surface area (Å²) in [7, 11) is 0. The van der Waals surface area contributed by atoms with Crippen molar-refractivity contribution in [1.82, 2.24) is 4.90 Å². The summed E-state index contributed by atoms with van der Waals surface area (Å²) < 4.78 is 0. The van der Waals surface area contributed by atoms with Crippen molar-refractivity contribution in [3.63, 3.8) is 0 Å². The van der Waals surface area contributed by atoms with Crippen LogP contribution in [-0.2, 0) is 6.54 Å². The largest absolute Gasteiger partial charge is 0.478 e. The molecule has 0 radical (unpaired) electrons. The number of carboxylic acid groups (broad SMARTS) is 1. The molecule has 0 saturated carbocycles. The predicted molar refractivity (Wildman–Crippen MR) is 82.8 cm³/mol. The number of carboxylic acids is 1. The lowest BCUT2D eigenvalue weighted by Crippen LogP contribution is -2.34. The maximum atomic E-state index is 12.3. The van der Waals surface area contributed by atoms with Gasteiger partial charge in [-0.25, -0.2) is 9.59 Å². The van der Waals surface area contributed by atoms with E-state index in [4.69, 9.17) is 5.11 Å². The first-order chi connectivity index (χ1) is 10.1. The van der Waals surface area contributed by atoms with Crippen LogP contribution in [0.15, 0.2) is 41.8 Å². The number of thiophene rings is 1. The van der Waals surface area contributed by atoms with Crippen LogP contribution in [0.2, 0.25) is 0 Å². The van der Waals surface area contributed by atoms with Crippen molar-refractivity contribution in [2.45, 2.75) is 13.5 Å². The van der Waals surface area contributed by atoms with E-state index in [1.165, 1.54) is 6.07 Å². The van der Waals surface area contributed by atoms with E-state index in [2.05, 4.69) is 5.32 Å². The van der Waals surface area contributed by atoms with Gasteiger partial charge in [0.1, 0.15) is 0 Å². The number of benzene rings is 1. The van der Waals surface area contributed by atoms with Crippen molar-refractivity contribution >= 4 is 29.0 Å². The Morgan fingerprint density at radius 1 is 1.24 bits per heavy atom. The molecule has 0 bridgehead atoms. The van der Waals surface area contributed by atoms with E-state index >= 15 is 0 Å². The summed E-state index contributed by atoms with van der Waals surface area (Å²) in [5.74, 6) is -1.06. The average molecular weight is 304 g/mol. The Labute approximate surface area is 126 Å². The van der Waals surface area contributed by atoms with Gasteiger partial charge < -0.3 is 15.3 Å². The summed E-state index contributed by atoms with van der Waals surface area (Å²) in [4.78, 5) is 26.1. The highest BCUT2D eigenvalue weighted by Gasteiger charge is 2.16. The zero-order valence-electron chi connectivity index (χ0n) is 11.6. The fourth-order valence-electron chi connectivity index (χ4n) is 1.89. The van der Waals surface area contributed by atoms with Gasteiger partial charge >= 0.3 is 12.0 Å². The summed E-state index contributed by atoms with van der Waals surface area (Å²) in [6.07, 6.45) is 0. The van der Waals surface area contributed by atoms with E-state index in [0.717, 1.165) is 4.88 Å². The van der Waals surface area contributed by atoms with Gasteiger partial charge in [-0.15, -0.1) is 11.3 Å². The number of nitrogens with zero attached hydrogens (tertiary/aromatic N) is 1. The standard InChI is InChI=1S/C15H16N2O3S/c1-2-17(10-11-6-5-9-21-11)15(20)16-13-8-4-3-7-12(13)14(18)19/h3-9H,2,10H2,1H3,(H,16,20)(H,18,19). The molecule has 2 rings (SSSR count). The fourth-order valence-corrected chi connectivity index (χ4v) is 2.61. The zero-order chi connectivity index (χ0) is 15.2. The van der Waals surface area contributed by atoms with E-state index in [9.17, 15) is 9.59 Å². The quantitative estimate of drug-likeness (QED) is 0.888. The lowest BCUT2D eigenvalue weighted by Gasteiger charge is -2.21. The van der Waals surface area contributed by atoms with Crippen molar-refractivity contribution in [2.24, 2.45) is 0 Å². The van der Waals surface area contributed by atoms with Gasteiger partial charge in [-0.1, -0.05) is 18.2 Å². The summed E-state index contributed by atoms with van der Waals surface area (Å²) in [6, 6.07) is 9.96. The number of hydrogen-bond donors (Lipinski definition) is 2. The molecular weight excluding hydrogens is 288 g/mol. The molecule has 0 aliphatic rings. The number of carbonyl (C=O) groups excluding carboxylic acids is 1. The minimum atomic E-state index is -1.06. The van der Waals surface area contributed by atoms with Crippen LogP contribution in [0.4, 0.5) is 10.5 Å². The average Bonchev–Trinajstić information content (AvgIpc) is 2.98. The third kappa shape index (κ3) is 3.82. The highest BCUT2D eigenvalue weighted by molar-refractivity contribution is 7.09. The van der Waals surface area contributed by atoms with Gasteiger partial charge in [0.05, 0.1) is 17.8 Å². The summed E-state index contributed by atoms with van der Waals surface area (Å²) in [5.41, 5.74) is 0.387. The Hall–Kier alpha value is -2.34. The Balaban J connectivity index is 2.11. The summed E-state index contributed by atoms with van der Waals surface area (Å²) in [6.45, 7) is 2.94. The van der Waals surface area contributed by atoms with Crippen LogP contribution in [-0.4, -0.2) is 28.6 Å². The smallest absolute Gasteiger partial charge is 0.337 e. The minimum Gasteiger partial charge on any atom is -0.478 e. The van der Waals surface area contributed by atoms with Crippen molar-refractivity contribution in [3.05, 3.63) is 52.2 Å². The molecule has 0 unspecified atom stereocenters. The van der Waals surface area contributed by atoms with Gasteiger partial charge in [-0.3, -0.25) is 0 Å². The number of rotatable bonds is 5. The van der Waals surface area contributed by atoms with Crippen LogP contribution >= 0.6 is 11.3 Å². The van der Waals surface area contributed by atoms with Gasteiger partial charge in [-0.2, -0.15) is 0 Å². The SMILES string of the molecule is CCN(Cc1cccs1)C(=O)Nc1ccccc1C(=O)O. The van der Waals surface area contributed by atoms with Crippen LogP contribution in [0.1, 0.15) is 22.2 Å². The molecular formula is C15H16N2O3S. The molecule has 0 saturated heterocycles. The monoisotopic (exact) mass is 304 g/mol. The number of carbonyl (C=O) groups is 2. The Morgan fingerprint density at radius 3 is 2.62 bits per heavy atom. The van der Waals surface area contributed by atoms with E-state index in [1.54, 1.807) is 34.4 Å². The fraction of sp³-hybridized carbons (Fsp3) is 0.200. The lowest BCUT2D eigenvalue weighted by molar-refractivity contribution is 0.0698. The molecule has 21 heavy (non-hydrogen) atoms. The van der Waals surface area contributed by atoms with Gasteiger partial charge in [0, 0.05) is 11.4 Å². The molecule has 0 atom stereocenters. The maximum Gasteiger partial charge on any atom is 0.337 e. The molecule has 110 valence electrons. The van der Waals surface area contributed by atoms with Crippen molar-refractivity contribution in [2.75, 3.05) is 11.9 Å². The molecule has 5 nitrogen and oxygen atoms in total. The van der Waals surface area contributed by atoms with Crippen LogP contribution in [0, 0.1) is 0 Å². The highest BCUT2D eigenvalue weighted by Crippen LogP contribution is 2.17. The second kappa shape index (κ2) is 6.90. The molecule has 6 heteroatoms. The predicted octanol–water partition coefficient (Wildman–Crippen LogP) is 3.50. The topological polar surface area (TPSA) is 69.6 Å². The number of amides is 2. The number of urea groups is 1. The number of anilines is 1. The summed E-state index contributed by atoms with van der Waals surface area (Å²) in [5, 5.41) is 13.7. The molecule has 1 heterocycles. The first-order valence-corrected chi connectivity index (χ1v) is 7.40. The second-order valence-electron chi connectivity index (χ2n) is 4.37. The zero-order valence-corrected chi connectivity index (χ0v) is 12.4. The molecule has 2 amide bonds. The van der Waals surface area contributed by atoms with Crippen LogP contribution < -0.4 is 5.32 Å². The van der Waals surface area contributed by atoms with E-state index in [0.29, 0.717) is 18.8 Å². The third-order valence-corrected chi connectivity index (χ3v) is 3.86. The molecule has 2 aromatic rings. The number of nitrogens with one attached hydrogen (secondary N) is 1. The molecule has 2 N–H and O–H groups in total. The van der Waals surface area contributed by atoms with Crippen molar-refractivity contribution < 1.29 is 14.7 Å². The molecule has 1 aromatic carbocycles. The van der Waals surface area contributed by atoms with Gasteiger partial charge in [0.25, 0.3) is 0 Å². The summed E-state index contributed by atoms with van der Waals surface area (Å²) >= 11 is 1.58. The van der Waals surface area contributed by atoms with E-state index in [-0.39, 0.29) is 11.6 Å². The minimum absolute atomic E-state index is 0.0815.